The number of piperidine rings is 1. The number of likely N-dealkylation sites (N-methyl/N-ethyl adjacent to an activating group) is 1. The number of carbonyl (C=O) groups excluding carboxylic acids is 2. The van der Waals surface area contributed by atoms with Crippen molar-refractivity contribution in [1.82, 2.24) is 14.5 Å². The average Bonchev–Trinajstić information content (AvgIpc) is 3.09. The Hall–Kier alpha value is -3.08. The molecule has 8 nitrogen and oxygen atoms in total. The van der Waals surface area contributed by atoms with Crippen LogP contribution in [0.15, 0.2) is 24.5 Å². The molecule has 8 heteroatoms. The molecule has 2 atom stereocenters. The van der Waals surface area contributed by atoms with Crippen molar-refractivity contribution in [2.45, 2.75) is 25.8 Å². The van der Waals surface area contributed by atoms with E-state index in [9.17, 15) is 9.59 Å². The van der Waals surface area contributed by atoms with Gasteiger partial charge in [0, 0.05) is 32.4 Å². The van der Waals surface area contributed by atoms with Crippen LogP contribution in [-0.2, 0) is 4.79 Å². The van der Waals surface area contributed by atoms with Gasteiger partial charge < -0.3 is 15.5 Å². The smallest absolute Gasteiger partial charge is 0.252 e. The Labute approximate surface area is 151 Å². The molecule has 1 saturated heterocycles. The largest absolute Gasteiger partial charge is 0.367 e. The van der Waals surface area contributed by atoms with E-state index in [4.69, 9.17) is 11.0 Å². The summed E-state index contributed by atoms with van der Waals surface area (Å²) in [5.41, 5.74) is 7.43. The van der Waals surface area contributed by atoms with Crippen LogP contribution in [-0.4, -0.2) is 52.5 Å². The predicted molar refractivity (Wildman–Crippen MR) is 96.5 cm³/mol. The van der Waals surface area contributed by atoms with Gasteiger partial charge in [0.15, 0.2) is 0 Å². The van der Waals surface area contributed by atoms with Crippen LogP contribution in [0.4, 0.5) is 5.69 Å². The number of hydrogen-bond donors (Lipinski definition) is 1. The standard InChI is InChI=1S/C18H22N6O2/c1-12-6-9-23(16(25)5-7-19)11-15(12)22(2)17-13(18(20)26)10-21-24-8-3-4-14(17)24/h3-4,8,10,12,15H,5-6,9,11H2,1-2H3,(H2,20,26). The first-order chi connectivity index (χ1) is 12.4. The van der Waals surface area contributed by atoms with Crippen molar-refractivity contribution in [1.29, 1.82) is 5.26 Å². The molecule has 1 aliphatic heterocycles. The maximum atomic E-state index is 12.2. The van der Waals surface area contributed by atoms with Gasteiger partial charge in [-0.25, -0.2) is 4.52 Å². The summed E-state index contributed by atoms with van der Waals surface area (Å²) in [5.74, 6) is -0.380. The van der Waals surface area contributed by atoms with Gasteiger partial charge in [-0.05, 0) is 24.5 Å². The van der Waals surface area contributed by atoms with Crippen LogP contribution in [0, 0.1) is 17.2 Å². The van der Waals surface area contributed by atoms with E-state index < -0.39 is 5.91 Å². The zero-order chi connectivity index (χ0) is 18.8. The van der Waals surface area contributed by atoms with Crippen molar-refractivity contribution in [3.05, 3.63) is 30.1 Å². The lowest BCUT2D eigenvalue weighted by atomic mass is 9.91. The van der Waals surface area contributed by atoms with Gasteiger partial charge in [-0.2, -0.15) is 10.4 Å². The molecule has 2 unspecified atom stereocenters. The Morgan fingerprint density at radius 1 is 1.50 bits per heavy atom. The monoisotopic (exact) mass is 354 g/mol. The van der Waals surface area contributed by atoms with Crippen molar-refractivity contribution in [3.63, 3.8) is 0 Å². The van der Waals surface area contributed by atoms with E-state index in [0.717, 1.165) is 11.9 Å². The normalized spacial score (nSPS) is 20.0. The van der Waals surface area contributed by atoms with Crippen molar-refractivity contribution in [2.75, 3.05) is 25.0 Å². The van der Waals surface area contributed by atoms with E-state index in [1.807, 2.05) is 36.3 Å². The second kappa shape index (κ2) is 7.04. The van der Waals surface area contributed by atoms with Crippen molar-refractivity contribution in [3.8, 4) is 6.07 Å². The highest BCUT2D eigenvalue weighted by molar-refractivity contribution is 6.02. The number of aromatic nitrogens is 2. The number of anilines is 1. The van der Waals surface area contributed by atoms with Crippen molar-refractivity contribution in [2.24, 2.45) is 11.7 Å². The lowest BCUT2D eigenvalue weighted by Crippen LogP contribution is -2.53. The molecule has 1 aliphatic rings. The number of fused-ring (bicyclic) bond motifs is 1. The molecule has 0 bridgehead atoms. The first kappa shape index (κ1) is 17.7. The van der Waals surface area contributed by atoms with E-state index in [0.29, 0.717) is 30.3 Å². The molecule has 0 radical (unpaired) electrons. The lowest BCUT2D eigenvalue weighted by Gasteiger charge is -2.43. The van der Waals surface area contributed by atoms with Gasteiger partial charge in [-0.3, -0.25) is 9.59 Å². The molecule has 0 spiro atoms. The van der Waals surface area contributed by atoms with E-state index in [1.165, 1.54) is 6.20 Å². The Bertz CT molecular complexity index is 883. The fraction of sp³-hybridized carbons (Fsp3) is 0.444. The van der Waals surface area contributed by atoms with Crippen LogP contribution in [0.5, 0.6) is 0 Å². The quantitative estimate of drug-likeness (QED) is 0.882. The first-order valence-corrected chi connectivity index (χ1v) is 8.57. The van der Waals surface area contributed by atoms with Gasteiger partial charge in [0.1, 0.15) is 6.42 Å². The number of hydrogen-bond acceptors (Lipinski definition) is 5. The van der Waals surface area contributed by atoms with Gasteiger partial charge in [-0.15, -0.1) is 0 Å². The molecule has 3 rings (SSSR count). The predicted octanol–water partition coefficient (Wildman–Crippen LogP) is 1.02. The van der Waals surface area contributed by atoms with Gasteiger partial charge in [0.2, 0.25) is 5.91 Å². The summed E-state index contributed by atoms with van der Waals surface area (Å²) >= 11 is 0. The van der Waals surface area contributed by atoms with Gasteiger partial charge in [-0.1, -0.05) is 6.92 Å². The van der Waals surface area contributed by atoms with E-state index in [2.05, 4.69) is 12.0 Å². The number of nitrogens with zero attached hydrogens (tertiary/aromatic N) is 5. The number of nitriles is 1. The van der Waals surface area contributed by atoms with Crippen LogP contribution >= 0.6 is 0 Å². The van der Waals surface area contributed by atoms with Gasteiger partial charge in [0.05, 0.1) is 29.0 Å². The number of amides is 2. The molecule has 0 aromatic carbocycles. The summed E-state index contributed by atoms with van der Waals surface area (Å²) in [6, 6.07) is 5.67. The van der Waals surface area contributed by atoms with Gasteiger partial charge in [0.25, 0.3) is 5.91 Å². The molecule has 136 valence electrons. The maximum absolute atomic E-state index is 12.2. The van der Waals surface area contributed by atoms with Crippen molar-refractivity contribution < 1.29 is 9.59 Å². The maximum Gasteiger partial charge on any atom is 0.252 e. The Kier molecular flexibility index (Phi) is 4.80. The third-order valence-electron chi connectivity index (χ3n) is 5.15. The summed E-state index contributed by atoms with van der Waals surface area (Å²) < 4.78 is 1.70. The Balaban J connectivity index is 1.98. The molecule has 3 heterocycles. The zero-order valence-electron chi connectivity index (χ0n) is 14.9. The first-order valence-electron chi connectivity index (χ1n) is 8.57. The highest BCUT2D eigenvalue weighted by Crippen LogP contribution is 2.31. The molecule has 0 aliphatic carbocycles. The molecule has 1 fully saturated rings. The zero-order valence-corrected chi connectivity index (χ0v) is 14.9. The minimum absolute atomic E-state index is 0.00518. The molecule has 2 amide bonds. The average molecular weight is 354 g/mol. The molecular weight excluding hydrogens is 332 g/mol. The fourth-order valence-electron chi connectivity index (χ4n) is 3.66. The molecule has 2 N–H and O–H groups in total. The fourth-order valence-corrected chi connectivity index (χ4v) is 3.66. The Morgan fingerprint density at radius 2 is 2.27 bits per heavy atom. The van der Waals surface area contributed by atoms with Crippen LogP contribution in [0.2, 0.25) is 0 Å². The highest BCUT2D eigenvalue weighted by atomic mass is 16.2. The summed E-state index contributed by atoms with van der Waals surface area (Å²) in [6.07, 6.45) is 4.01. The molecule has 0 saturated carbocycles. The molecule has 2 aromatic rings. The van der Waals surface area contributed by atoms with Crippen LogP contribution in [0.1, 0.15) is 30.1 Å². The Morgan fingerprint density at radius 3 is 2.96 bits per heavy atom. The summed E-state index contributed by atoms with van der Waals surface area (Å²) in [5, 5.41) is 13.0. The number of nitrogens with two attached hydrogens (primary N) is 1. The second-order valence-electron chi connectivity index (χ2n) is 6.73. The van der Waals surface area contributed by atoms with Crippen LogP contribution < -0.4 is 10.6 Å². The van der Waals surface area contributed by atoms with Crippen LogP contribution in [0.25, 0.3) is 5.52 Å². The third-order valence-corrected chi connectivity index (χ3v) is 5.15. The highest BCUT2D eigenvalue weighted by Gasteiger charge is 2.33. The van der Waals surface area contributed by atoms with Crippen molar-refractivity contribution >= 4 is 23.0 Å². The van der Waals surface area contributed by atoms with E-state index in [1.54, 1.807) is 9.42 Å². The summed E-state index contributed by atoms with van der Waals surface area (Å²) in [4.78, 5) is 27.9. The minimum Gasteiger partial charge on any atom is -0.367 e. The minimum atomic E-state index is -0.538. The number of primary amides is 1. The summed E-state index contributed by atoms with van der Waals surface area (Å²) in [7, 11) is 1.91. The molecule has 2 aromatic heterocycles. The number of carbonyl (C=O) groups is 2. The molecule has 26 heavy (non-hydrogen) atoms. The third kappa shape index (κ3) is 3.08. The molecular formula is C18H22N6O2. The number of likely N-dealkylation sites (tertiary alicyclic amines) is 1. The van der Waals surface area contributed by atoms with Crippen LogP contribution in [0.3, 0.4) is 0 Å². The SMILES string of the molecule is CC1CCN(C(=O)CC#N)CC1N(C)c1c(C(N)=O)cnn2cccc12. The topological polar surface area (TPSA) is 108 Å². The van der Waals surface area contributed by atoms with Gasteiger partial charge >= 0.3 is 0 Å². The lowest BCUT2D eigenvalue weighted by molar-refractivity contribution is -0.131. The van der Waals surface area contributed by atoms with E-state index >= 15 is 0 Å². The summed E-state index contributed by atoms with van der Waals surface area (Å²) in [6.45, 7) is 3.28. The van der Waals surface area contributed by atoms with E-state index in [-0.39, 0.29) is 18.4 Å². The second-order valence-corrected chi connectivity index (χ2v) is 6.73. The number of rotatable bonds is 4.